The fraction of sp³-hybridized carbons (Fsp3) is 0.100. The second kappa shape index (κ2) is 6.35. The van der Waals surface area contributed by atoms with Gasteiger partial charge in [-0.1, -0.05) is 11.6 Å². The lowest BCUT2D eigenvalue weighted by atomic mass is 10.1. The molecule has 2 heterocycles. The van der Waals surface area contributed by atoms with Crippen LogP contribution in [-0.4, -0.2) is 23.0 Å². The zero-order valence-electron chi connectivity index (χ0n) is 14.2. The van der Waals surface area contributed by atoms with Crippen LogP contribution in [-0.2, 0) is 0 Å². The van der Waals surface area contributed by atoms with Gasteiger partial charge in [0.15, 0.2) is 0 Å². The molecule has 0 aliphatic heterocycles. The minimum absolute atomic E-state index is 0.412. The number of hydrogen-bond acceptors (Lipinski definition) is 4. The van der Waals surface area contributed by atoms with E-state index in [0.29, 0.717) is 22.2 Å². The number of nitrogens with one attached hydrogen (secondary N) is 1. The molecule has 0 saturated heterocycles. The Labute approximate surface area is 154 Å². The van der Waals surface area contributed by atoms with Gasteiger partial charge in [0.25, 0.3) is 0 Å². The second-order valence-electron chi connectivity index (χ2n) is 5.93. The Kier molecular flexibility index (Phi) is 4.01. The minimum atomic E-state index is -0.438. The number of nitrogens with zero attached hydrogens (tertiary/aromatic N) is 1. The van der Waals surface area contributed by atoms with Crippen molar-refractivity contribution in [3.63, 3.8) is 0 Å². The maximum absolute atomic E-state index is 12.4. The van der Waals surface area contributed by atoms with Gasteiger partial charge in [0.1, 0.15) is 16.7 Å². The van der Waals surface area contributed by atoms with Crippen molar-refractivity contribution in [3.8, 4) is 11.5 Å². The molecule has 1 N–H and O–H groups in total. The zero-order chi connectivity index (χ0) is 18.3. The van der Waals surface area contributed by atoms with Gasteiger partial charge in [-0.15, -0.1) is 0 Å². The Morgan fingerprint density at radius 1 is 1.12 bits per heavy atom. The molecule has 4 rings (SSSR count). The summed E-state index contributed by atoms with van der Waals surface area (Å²) in [6.07, 6.45) is 1.73. The Balaban J connectivity index is 1.71. The monoisotopic (exact) mass is 366 g/mol. The molecule has 0 atom stereocenters. The van der Waals surface area contributed by atoms with Crippen LogP contribution < -0.4 is 9.47 Å². The minimum Gasteiger partial charge on any atom is -0.497 e. The first-order valence-electron chi connectivity index (χ1n) is 7.99. The summed E-state index contributed by atoms with van der Waals surface area (Å²) < 4.78 is 10.6. The number of aromatic amines is 1. The van der Waals surface area contributed by atoms with Crippen LogP contribution in [0.1, 0.15) is 15.9 Å². The number of methoxy groups -OCH3 is 1. The van der Waals surface area contributed by atoms with Crippen LogP contribution in [0.3, 0.4) is 0 Å². The first-order valence-corrected chi connectivity index (χ1v) is 8.37. The molecule has 4 aromatic rings. The van der Waals surface area contributed by atoms with Crippen molar-refractivity contribution < 1.29 is 14.3 Å². The molecule has 0 saturated carbocycles. The van der Waals surface area contributed by atoms with Gasteiger partial charge in [-0.05, 0) is 55.0 Å². The number of H-pyrrole nitrogens is 1. The topological polar surface area (TPSA) is 64.2 Å². The molecule has 0 bridgehead atoms. The zero-order valence-corrected chi connectivity index (χ0v) is 14.9. The number of aromatic nitrogens is 2. The molecule has 2 aromatic carbocycles. The molecule has 0 radical (unpaired) electrons. The molecule has 130 valence electrons. The van der Waals surface area contributed by atoms with Crippen LogP contribution in [0.15, 0.2) is 48.7 Å². The third-order valence-corrected chi connectivity index (χ3v) is 4.57. The highest BCUT2D eigenvalue weighted by Gasteiger charge is 2.14. The summed E-state index contributed by atoms with van der Waals surface area (Å²) in [6.45, 7) is 1.96. The fourth-order valence-corrected chi connectivity index (χ4v) is 3.17. The molecule has 0 fully saturated rings. The average molecular weight is 367 g/mol. The summed E-state index contributed by atoms with van der Waals surface area (Å²) in [5, 5.41) is 2.10. The molecule has 26 heavy (non-hydrogen) atoms. The van der Waals surface area contributed by atoms with Gasteiger partial charge in [-0.3, -0.25) is 0 Å². The highest BCUT2D eigenvalue weighted by molar-refractivity contribution is 6.36. The first-order chi connectivity index (χ1) is 12.6. The summed E-state index contributed by atoms with van der Waals surface area (Å²) in [5.41, 5.74) is 3.28. The van der Waals surface area contributed by atoms with E-state index in [1.807, 2.05) is 13.0 Å². The van der Waals surface area contributed by atoms with Crippen LogP contribution in [0.25, 0.3) is 21.8 Å². The number of carbonyl (C=O) groups is 1. The highest BCUT2D eigenvalue weighted by Crippen LogP contribution is 2.34. The van der Waals surface area contributed by atoms with Crippen LogP contribution in [0.4, 0.5) is 0 Å². The number of ether oxygens (including phenoxy) is 2. The van der Waals surface area contributed by atoms with Gasteiger partial charge < -0.3 is 14.5 Å². The molecule has 5 nitrogen and oxygen atoms in total. The van der Waals surface area contributed by atoms with E-state index in [-0.39, 0.29) is 0 Å². The predicted molar refractivity (Wildman–Crippen MR) is 101 cm³/mol. The van der Waals surface area contributed by atoms with Gasteiger partial charge >= 0.3 is 5.97 Å². The molecule has 6 heteroatoms. The van der Waals surface area contributed by atoms with E-state index >= 15 is 0 Å². The number of rotatable bonds is 3. The van der Waals surface area contributed by atoms with Crippen LogP contribution in [0, 0.1) is 6.92 Å². The average Bonchev–Trinajstić information content (AvgIpc) is 3.05. The highest BCUT2D eigenvalue weighted by atomic mass is 35.5. The number of esters is 1. The van der Waals surface area contributed by atoms with Crippen molar-refractivity contribution >= 4 is 39.4 Å². The van der Waals surface area contributed by atoms with Crippen molar-refractivity contribution in [2.75, 3.05) is 7.11 Å². The van der Waals surface area contributed by atoms with Crippen molar-refractivity contribution in [1.29, 1.82) is 0 Å². The van der Waals surface area contributed by atoms with E-state index in [4.69, 9.17) is 21.1 Å². The Hall–Kier alpha value is -3.05. The third-order valence-electron chi connectivity index (χ3n) is 4.28. The fourth-order valence-electron chi connectivity index (χ4n) is 2.92. The number of benzene rings is 2. The molecular weight excluding hydrogens is 352 g/mol. The lowest BCUT2D eigenvalue weighted by Gasteiger charge is -2.06. The molecule has 0 amide bonds. The largest absolute Gasteiger partial charge is 0.497 e. The summed E-state index contributed by atoms with van der Waals surface area (Å²) in [5.74, 6) is 0.684. The summed E-state index contributed by atoms with van der Waals surface area (Å²) in [6, 6.07) is 12.2. The van der Waals surface area contributed by atoms with Gasteiger partial charge in [-0.25, -0.2) is 9.78 Å². The summed E-state index contributed by atoms with van der Waals surface area (Å²) in [4.78, 5) is 19.9. The smallest absolute Gasteiger partial charge is 0.343 e. The standard InChI is InChI=1S/C20H15ClN2O3/c1-11-10-22-19(21)17-15-9-14(7-8-16(15)23-18(11)17)26-20(24)12-3-5-13(25-2)6-4-12/h3-10,23H,1-2H3. The number of carbonyl (C=O) groups excluding carboxylic acids is 1. The predicted octanol–water partition coefficient (Wildman–Crippen LogP) is 4.91. The molecule has 0 aliphatic carbocycles. The number of pyridine rings is 1. The molecule has 0 aliphatic rings. The Morgan fingerprint density at radius 2 is 1.85 bits per heavy atom. The second-order valence-corrected chi connectivity index (χ2v) is 6.29. The first kappa shape index (κ1) is 16.4. The Bertz CT molecular complexity index is 1130. The summed E-state index contributed by atoms with van der Waals surface area (Å²) >= 11 is 6.28. The van der Waals surface area contributed by atoms with Crippen molar-refractivity contribution in [1.82, 2.24) is 9.97 Å². The van der Waals surface area contributed by atoms with E-state index in [9.17, 15) is 4.79 Å². The molecular formula is C20H15ClN2O3. The van der Waals surface area contributed by atoms with E-state index in [1.165, 1.54) is 0 Å². The maximum Gasteiger partial charge on any atom is 0.343 e. The van der Waals surface area contributed by atoms with Gasteiger partial charge in [0.2, 0.25) is 0 Å². The number of aryl methyl sites for hydroxylation is 1. The van der Waals surface area contributed by atoms with Crippen molar-refractivity contribution in [2.45, 2.75) is 6.92 Å². The van der Waals surface area contributed by atoms with Crippen molar-refractivity contribution in [2.24, 2.45) is 0 Å². The molecule has 0 unspecified atom stereocenters. The van der Waals surface area contributed by atoms with Crippen LogP contribution in [0.2, 0.25) is 5.15 Å². The van der Waals surface area contributed by atoms with Gasteiger partial charge in [-0.2, -0.15) is 0 Å². The number of fused-ring (bicyclic) bond motifs is 3. The SMILES string of the molecule is COc1ccc(C(=O)Oc2ccc3[nH]c4c(C)cnc(Cl)c4c3c2)cc1. The number of halogens is 1. The van der Waals surface area contributed by atoms with Crippen LogP contribution >= 0.6 is 11.6 Å². The maximum atomic E-state index is 12.4. The van der Waals surface area contributed by atoms with Gasteiger partial charge in [0.05, 0.1) is 18.2 Å². The van der Waals surface area contributed by atoms with E-state index in [2.05, 4.69) is 9.97 Å². The normalized spacial score (nSPS) is 11.0. The lowest BCUT2D eigenvalue weighted by molar-refractivity contribution is 0.0735. The molecule has 2 aromatic heterocycles. The third kappa shape index (κ3) is 2.76. The summed E-state index contributed by atoms with van der Waals surface area (Å²) in [7, 11) is 1.57. The van der Waals surface area contributed by atoms with E-state index in [1.54, 1.807) is 49.7 Å². The van der Waals surface area contributed by atoms with Gasteiger partial charge in [0, 0.05) is 22.5 Å². The quantitative estimate of drug-likeness (QED) is 0.318. The molecule has 0 spiro atoms. The van der Waals surface area contributed by atoms with E-state index < -0.39 is 5.97 Å². The Morgan fingerprint density at radius 3 is 2.58 bits per heavy atom. The number of hydrogen-bond donors (Lipinski definition) is 1. The van der Waals surface area contributed by atoms with Crippen LogP contribution in [0.5, 0.6) is 11.5 Å². The lowest BCUT2D eigenvalue weighted by Crippen LogP contribution is -2.08. The van der Waals surface area contributed by atoms with E-state index in [0.717, 1.165) is 27.4 Å². The van der Waals surface area contributed by atoms with Crippen molar-refractivity contribution in [3.05, 3.63) is 64.9 Å².